The number of hydrogen-bond acceptors (Lipinski definition) is 3. The number of aromatic hydroxyl groups is 1. The van der Waals surface area contributed by atoms with Gasteiger partial charge in [-0.3, -0.25) is 4.79 Å². The van der Waals surface area contributed by atoms with Crippen LogP contribution < -0.4 is 0 Å². The number of phenols is 1. The second-order valence-corrected chi connectivity index (χ2v) is 5.99. The summed E-state index contributed by atoms with van der Waals surface area (Å²) in [6.07, 6.45) is 2.42. The van der Waals surface area contributed by atoms with Gasteiger partial charge in [-0.15, -0.1) is 0 Å². The van der Waals surface area contributed by atoms with Crippen LogP contribution in [0.15, 0.2) is 48.5 Å². The summed E-state index contributed by atoms with van der Waals surface area (Å²) in [5, 5.41) is 19.5. The van der Waals surface area contributed by atoms with Crippen LogP contribution in [0.4, 0.5) is 0 Å². The maximum Gasteiger partial charge on any atom is 0.257 e. The largest absolute Gasteiger partial charge is 0.507 e. The van der Waals surface area contributed by atoms with Crippen molar-refractivity contribution < 1.29 is 15.0 Å². The van der Waals surface area contributed by atoms with E-state index in [0.717, 1.165) is 24.0 Å². The summed E-state index contributed by atoms with van der Waals surface area (Å²) in [6, 6.07) is 15.1. The number of phenolic OH excluding ortho intramolecular Hbond substituents is 1. The summed E-state index contributed by atoms with van der Waals surface area (Å²) in [4.78, 5) is 14.4. The highest BCUT2D eigenvalue weighted by Gasteiger charge is 2.30. The number of likely N-dealkylation sites (tertiary alicyclic amines) is 1. The van der Waals surface area contributed by atoms with Crippen LogP contribution >= 0.6 is 0 Å². The van der Waals surface area contributed by atoms with E-state index in [4.69, 9.17) is 0 Å². The Kier molecular flexibility index (Phi) is 4.63. The van der Waals surface area contributed by atoms with Crippen LogP contribution in [0.2, 0.25) is 0 Å². The van der Waals surface area contributed by atoms with Crippen LogP contribution in [0.3, 0.4) is 0 Å². The van der Waals surface area contributed by atoms with E-state index in [1.165, 1.54) is 0 Å². The second-order valence-electron chi connectivity index (χ2n) is 5.99. The Bertz CT molecular complexity index is 684. The summed E-state index contributed by atoms with van der Waals surface area (Å²) < 4.78 is 0. The minimum atomic E-state index is -0.200. The van der Waals surface area contributed by atoms with Gasteiger partial charge in [-0.2, -0.15) is 0 Å². The maximum atomic E-state index is 12.7. The lowest BCUT2D eigenvalue weighted by molar-refractivity contribution is 0.0674. The molecule has 4 heteroatoms. The van der Waals surface area contributed by atoms with Gasteiger partial charge in [0, 0.05) is 6.54 Å². The highest BCUT2D eigenvalue weighted by molar-refractivity contribution is 5.97. The number of carbonyl (C=O) groups excluding carboxylic acids is 1. The number of aliphatic hydroxyl groups excluding tert-OH is 1. The molecule has 1 saturated heterocycles. The topological polar surface area (TPSA) is 60.8 Å². The fourth-order valence-electron chi connectivity index (χ4n) is 3.14. The van der Waals surface area contributed by atoms with Gasteiger partial charge in [-0.1, -0.05) is 36.4 Å². The molecule has 2 aromatic carbocycles. The van der Waals surface area contributed by atoms with Crippen LogP contribution in [0.5, 0.6) is 5.75 Å². The van der Waals surface area contributed by atoms with Crippen molar-refractivity contribution in [1.29, 1.82) is 0 Å². The van der Waals surface area contributed by atoms with Crippen molar-refractivity contribution in [3.05, 3.63) is 65.2 Å². The van der Waals surface area contributed by atoms with Crippen molar-refractivity contribution in [2.45, 2.75) is 25.3 Å². The third-order valence-corrected chi connectivity index (χ3v) is 4.39. The van der Waals surface area contributed by atoms with Crippen LogP contribution in [0.1, 0.15) is 34.3 Å². The Morgan fingerprint density at radius 3 is 2.65 bits per heavy atom. The van der Waals surface area contributed by atoms with E-state index in [9.17, 15) is 15.0 Å². The molecular weight excluding hydrogens is 290 g/mol. The number of carbonyl (C=O) groups is 1. The number of aliphatic hydroxyl groups is 1. The Morgan fingerprint density at radius 1 is 1.13 bits per heavy atom. The molecule has 4 nitrogen and oxygen atoms in total. The zero-order valence-corrected chi connectivity index (χ0v) is 13.0. The van der Waals surface area contributed by atoms with E-state index in [-0.39, 0.29) is 24.3 Å². The zero-order chi connectivity index (χ0) is 16.2. The molecule has 0 radical (unpaired) electrons. The molecule has 1 fully saturated rings. The molecular formula is C19H21NO3. The molecule has 120 valence electrons. The van der Waals surface area contributed by atoms with Crippen molar-refractivity contribution >= 4 is 5.91 Å². The van der Waals surface area contributed by atoms with E-state index in [0.29, 0.717) is 18.5 Å². The van der Waals surface area contributed by atoms with Crippen LogP contribution in [0, 0.1) is 0 Å². The molecule has 0 aliphatic carbocycles. The van der Waals surface area contributed by atoms with Gasteiger partial charge >= 0.3 is 0 Å². The van der Waals surface area contributed by atoms with Gasteiger partial charge in [0.05, 0.1) is 18.2 Å². The molecule has 23 heavy (non-hydrogen) atoms. The van der Waals surface area contributed by atoms with Crippen molar-refractivity contribution in [3.8, 4) is 5.75 Å². The normalized spacial score (nSPS) is 17.4. The standard InChI is InChI=1S/C19H21NO3/c21-13-16-7-4-10-20(16)19(23)17-12-15(8-9-18(17)22)11-14-5-2-1-3-6-14/h1-3,5-6,8-9,12,16,21-22H,4,7,10-11,13H2/t16-/m1/s1. The summed E-state index contributed by atoms with van der Waals surface area (Å²) in [5.74, 6) is -0.204. The van der Waals surface area contributed by atoms with E-state index in [1.807, 2.05) is 36.4 Å². The molecule has 1 aliphatic heterocycles. The maximum absolute atomic E-state index is 12.7. The number of hydrogen-bond donors (Lipinski definition) is 2. The third-order valence-electron chi connectivity index (χ3n) is 4.39. The fraction of sp³-hybridized carbons (Fsp3) is 0.316. The molecule has 0 aromatic heterocycles. The Balaban J connectivity index is 1.84. The summed E-state index contributed by atoms with van der Waals surface area (Å²) >= 11 is 0. The molecule has 0 saturated carbocycles. The minimum absolute atomic E-state index is 0.00426. The van der Waals surface area contributed by atoms with Crippen molar-refractivity contribution in [2.75, 3.05) is 13.2 Å². The van der Waals surface area contributed by atoms with Crippen molar-refractivity contribution in [1.82, 2.24) is 4.90 Å². The number of amides is 1. The zero-order valence-electron chi connectivity index (χ0n) is 13.0. The van der Waals surface area contributed by atoms with Gasteiger partial charge in [0.25, 0.3) is 5.91 Å². The lowest BCUT2D eigenvalue weighted by atomic mass is 10.0. The molecule has 0 bridgehead atoms. The summed E-state index contributed by atoms with van der Waals surface area (Å²) in [6.45, 7) is 0.600. The molecule has 0 unspecified atom stereocenters. The first kappa shape index (κ1) is 15.6. The smallest absolute Gasteiger partial charge is 0.257 e. The number of rotatable bonds is 4. The summed E-state index contributed by atoms with van der Waals surface area (Å²) in [5.41, 5.74) is 2.46. The first-order chi connectivity index (χ1) is 11.2. The lowest BCUT2D eigenvalue weighted by Gasteiger charge is -2.23. The number of benzene rings is 2. The van der Waals surface area contributed by atoms with Crippen molar-refractivity contribution in [3.63, 3.8) is 0 Å². The van der Waals surface area contributed by atoms with Crippen LogP contribution in [-0.4, -0.2) is 40.2 Å². The van der Waals surface area contributed by atoms with E-state index < -0.39 is 0 Å². The molecule has 2 N–H and O–H groups in total. The Labute approximate surface area is 136 Å². The molecule has 3 rings (SSSR count). The lowest BCUT2D eigenvalue weighted by Crippen LogP contribution is -2.37. The highest BCUT2D eigenvalue weighted by atomic mass is 16.3. The molecule has 1 amide bonds. The fourth-order valence-corrected chi connectivity index (χ4v) is 3.14. The summed E-state index contributed by atoms with van der Waals surface area (Å²) in [7, 11) is 0. The number of nitrogens with zero attached hydrogens (tertiary/aromatic N) is 1. The van der Waals surface area contributed by atoms with Gasteiger partial charge in [-0.25, -0.2) is 0 Å². The predicted molar refractivity (Wildman–Crippen MR) is 88.5 cm³/mol. The van der Waals surface area contributed by atoms with Gasteiger partial charge in [0.1, 0.15) is 5.75 Å². The molecule has 1 atom stereocenters. The van der Waals surface area contributed by atoms with E-state index >= 15 is 0 Å². The van der Waals surface area contributed by atoms with Crippen molar-refractivity contribution in [2.24, 2.45) is 0 Å². The SMILES string of the molecule is O=C(c1cc(Cc2ccccc2)ccc1O)N1CCC[C@@H]1CO. The monoisotopic (exact) mass is 311 g/mol. The van der Waals surface area contributed by atoms with Gasteiger partial charge < -0.3 is 15.1 Å². The third kappa shape index (κ3) is 3.37. The Hall–Kier alpha value is -2.33. The highest BCUT2D eigenvalue weighted by Crippen LogP contribution is 2.26. The average molecular weight is 311 g/mol. The minimum Gasteiger partial charge on any atom is -0.507 e. The molecule has 0 spiro atoms. The Morgan fingerprint density at radius 2 is 1.91 bits per heavy atom. The molecule has 1 aliphatic rings. The second kappa shape index (κ2) is 6.84. The quantitative estimate of drug-likeness (QED) is 0.912. The first-order valence-corrected chi connectivity index (χ1v) is 7.96. The van der Waals surface area contributed by atoms with Crippen LogP contribution in [0.25, 0.3) is 0 Å². The first-order valence-electron chi connectivity index (χ1n) is 7.96. The van der Waals surface area contributed by atoms with Crippen LogP contribution in [-0.2, 0) is 6.42 Å². The van der Waals surface area contributed by atoms with Gasteiger partial charge in [-0.05, 0) is 42.5 Å². The van der Waals surface area contributed by atoms with E-state index in [1.54, 1.807) is 17.0 Å². The molecule has 2 aromatic rings. The van der Waals surface area contributed by atoms with Gasteiger partial charge in [0.15, 0.2) is 0 Å². The molecule has 1 heterocycles. The van der Waals surface area contributed by atoms with E-state index in [2.05, 4.69) is 0 Å². The predicted octanol–water partition coefficient (Wildman–Crippen LogP) is 2.58. The van der Waals surface area contributed by atoms with Gasteiger partial charge in [0.2, 0.25) is 0 Å². The average Bonchev–Trinajstić information content (AvgIpc) is 3.05.